The van der Waals surface area contributed by atoms with Gasteiger partial charge in [0.05, 0.1) is 0 Å². The number of nitrogens with two attached hydrogens (primary N) is 1. The van der Waals surface area contributed by atoms with E-state index in [2.05, 4.69) is 10.3 Å². The van der Waals surface area contributed by atoms with Crippen LogP contribution >= 0.6 is 0 Å². The monoisotopic (exact) mass is 291 g/mol. The number of hydrogen-bond acceptors (Lipinski definition) is 3. The lowest BCUT2D eigenvalue weighted by Gasteiger charge is -2.21. The van der Waals surface area contributed by atoms with Crippen LogP contribution in [-0.2, 0) is 6.42 Å². The van der Waals surface area contributed by atoms with E-state index in [1.807, 2.05) is 6.92 Å². The van der Waals surface area contributed by atoms with Gasteiger partial charge in [0.1, 0.15) is 11.6 Å². The van der Waals surface area contributed by atoms with E-state index in [0.29, 0.717) is 18.7 Å². The van der Waals surface area contributed by atoms with Crippen molar-refractivity contribution in [1.29, 1.82) is 0 Å². The molecule has 0 amide bonds. The Morgan fingerprint density at radius 1 is 1.24 bits per heavy atom. The van der Waals surface area contributed by atoms with Crippen molar-refractivity contribution in [3.8, 4) is 0 Å². The van der Waals surface area contributed by atoms with Crippen LogP contribution < -0.4 is 11.1 Å². The van der Waals surface area contributed by atoms with Gasteiger partial charge >= 0.3 is 0 Å². The maximum absolute atomic E-state index is 14.0. The third kappa shape index (κ3) is 3.76. The second kappa shape index (κ2) is 7.13. The summed E-state index contributed by atoms with van der Waals surface area (Å²) in [6.07, 6.45) is 4.48. The number of benzene rings is 1. The summed E-state index contributed by atoms with van der Waals surface area (Å²) in [5.74, 6) is -1.10. The maximum Gasteiger partial charge on any atom is 0.130 e. The summed E-state index contributed by atoms with van der Waals surface area (Å²) < 4.78 is 28.0. The number of aromatic nitrogens is 1. The van der Waals surface area contributed by atoms with Gasteiger partial charge in [0.25, 0.3) is 0 Å². The minimum absolute atomic E-state index is 0.0502. The van der Waals surface area contributed by atoms with Crippen LogP contribution in [0.25, 0.3) is 0 Å². The molecule has 3 N–H and O–H groups in total. The highest BCUT2D eigenvalue weighted by atomic mass is 19.1. The van der Waals surface area contributed by atoms with Crippen LogP contribution in [-0.4, -0.2) is 11.5 Å². The zero-order valence-corrected chi connectivity index (χ0v) is 11.9. The molecule has 112 valence electrons. The smallest absolute Gasteiger partial charge is 0.130 e. The van der Waals surface area contributed by atoms with Gasteiger partial charge in [-0.1, -0.05) is 13.0 Å². The topological polar surface area (TPSA) is 50.9 Å². The summed E-state index contributed by atoms with van der Waals surface area (Å²) in [6, 6.07) is 5.11. The molecule has 0 fully saturated rings. The van der Waals surface area contributed by atoms with Gasteiger partial charge in [0.2, 0.25) is 0 Å². The normalized spacial score (nSPS) is 12.3. The summed E-state index contributed by atoms with van der Waals surface area (Å²) >= 11 is 0. The van der Waals surface area contributed by atoms with E-state index >= 15 is 0 Å². The van der Waals surface area contributed by atoms with Crippen LogP contribution in [0.1, 0.15) is 30.5 Å². The van der Waals surface area contributed by atoms with Crippen molar-refractivity contribution in [3.05, 3.63) is 59.4 Å². The van der Waals surface area contributed by atoms with Gasteiger partial charge in [-0.3, -0.25) is 4.98 Å². The molecule has 0 saturated heterocycles. The van der Waals surface area contributed by atoms with Crippen LogP contribution in [0.15, 0.2) is 36.7 Å². The van der Waals surface area contributed by atoms with E-state index in [4.69, 9.17) is 5.73 Å². The Morgan fingerprint density at radius 3 is 2.57 bits per heavy atom. The minimum Gasteiger partial charge on any atom is -0.398 e. The third-order valence-corrected chi connectivity index (χ3v) is 3.35. The number of anilines is 1. The Kier molecular flexibility index (Phi) is 5.22. The molecule has 2 rings (SSSR count). The molecule has 0 aliphatic rings. The maximum atomic E-state index is 14.0. The summed E-state index contributed by atoms with van der Waals surface area (Å²) in [7, 11) is 0. The number of nitrogens with zero attached hydrogens (tertiary/aromatic N) is 1. The average Bonchev–Trinajstić information content (AvgIpc) is 2.46. The Bertz CT molecular complexity index is 582. The Labute approximate surface area is 123 Å². The molecule has 21 heavy (non-hydrogen) atoms. The minimum atomic E-state index is -0.550. The van der Waals surface area contributed by atoms with Gasteiger partial charge < -0.3 is 11.1 Å². The Hall–Kier alpha value is -2.01. The predicted molar refractivity (Wildman–Crippen MR) is 79.7 cm³/mol. The fourth-order valence-electron chi connectivity index (χ4n) is 2.27. The average molecular weight is 291 g/mol. The van der Waals surface area contributed by atoms with Crippen LogP contribution in [0.2, 0.25) is 0 Å². The van der Waals surface area contributed by atoms with Crippen molar-refractivity contribution in [1.82, 2.24) is 10.3 Å². The highest BCUT2D eigenvalue weighted by molar-refractivity contribution is 5.45. The number of pyridine rings is 1. The van der Waals surface area contributed by atoms with Crippen molar-refractivity contribution < 1.29 is 8.78 Å². The van der Waals surface area contributed by atoms with Crippen molar-refractivity contribution in [2.75, 3.05) is 12.3 Å². The van der Waals surface area contributed by atoms with E-state index in [1.54, 1.807) is 18.5 Å². The summed E-state index contributed by atoms with van der Waals surface area (Å²) in [4.78, 5) is 4.02. The molecular formula is C16H19F2N3. The molecule has 0 bridgehead atoms. The van der Waals surface area contributed by atoms with Gasteiger partial charge in [0, 0.05) is 29.7 Å². The van der Waals surface area contributed by atoms with E-state index in [9.17, 15) is 8.78 Å². The molecular weight excluding hydrogens is 272 g/mol. The van der Waals surface area contributed by atoms with E-state index in [0.717, 1.165) is 12.0 Å². The summed E-state index contributed by atoms with van der Waals surface area (Å²) in [5.41, 5.74) is 7.29. The summed E-state index contributed by atoms with van der Waals surface area (Å²) in [6.45, 7) is 2.67. The summed E-state index contributed by atoms with van der Waals surface area (Å²) in [5, 5.41) is 3.18. The Morgan fingerprint density at radius 2 is 1.95 bits per heavy atom. The van der Waals surface area contributed by atoms with Gasteiger partial charge in [-0.05, 0) is 43.1 Å². The van der Waals surface area contributed by atoms with E-state index < -0.39 is 17.7 Å². The molecule has 1 unspecified atom stereocenters. The highest BCUT2D eigenvalue weighted by Crippen LogP contribution is 2.25. The first-order valence-electron chi connectivity index (χ1n) is 6.99. The molecule has 0 saturated carbocycles. The fourth-order valence-corrected chi connectivity index (χ4v) is 2.27. The standard InChI is InChI=1S/C16H19F2N3/c1-2-7-21-15(9-11-10-20-8-6-14(11)19)16-12(17)4-3-5-13(16)18/h3-6,8,10,15,21H,2,7,9H2,1H3,(H2,19,20). The van der Waals surface area contributed by atoms with Gasteiger partial charge in [0.15, 0.2) is 0 Å². The van der Waals surface area contributed by atoms with Crippen LogP contribution in [0, 0.1) is 11.6 Å². The van der Waals surface area contributed by atoms with Crippen molar-refractivity contribution in [2.45, 2.75) is 25.8 Å². The van der Waals surface area contributed by atoms with Gasteiger partial charge in [-0.2, -0.15) is 0 Å². The fraction of sp³-hybridized carbons (Fsp3) is 0.312. The van der Waals surface area contributed by atoms with E-state index in [1.165, 1.54) is 18.2 Å². The van der Waals surface area contributed by atoms with Crippen molar-refractivity contribution in [3.63, 3.8) is 0 Å². The van der Waals surface area contributed by atoms with Crippen molar-refractivity contribution >= 4 is 5.69 Å². The number of nitrogen functional groups attached to an aromatic ring is 1. The molecule has 3 nitrogen and oxygen atoms in total. The SMILES string of the molecule is CCCNC(Cc1cnccc1N)c1c(F)cccc1F. The largest absolute Gasteiger partial charge is 0.398 e. The molecule has 0 spiro atoms. The first-order valence-corrected chi connectivity index (χ1v) is 6.99. The molecule has 1 atom stereocenters. The second-order valence-electron chi connectivity index (χ2n) is 4.92. The number of halogens is 2. The quantitative estimate of drug-likeness (QED) is 0.859. The number of rotatable bonds is 6. The van der Waals surface area contributed by atoms with E-state index in [-0.39, 0.29) is 5.56 Å². The molecule has 0 aliphatic heterocycles. The highest BCUT2D eigenvalue weighted by Gasteiger charge is 2.20. The number of nitrogens with one attached hydrogen (secondary N) is 1. The predicted octanol–water partition coefficient (Wildman–Crippen LogP) is 3.23. The Balaban J connectivity index is 2.32. The molecule has 0 radical (unpaired) electrons. The molecule has 0 aliphatic carbocycles. The second-order valence-corrected chi connectivity index (χ2v) is 4.92. The van der Waals surface area contributed by atoms with Crippen LogP contribution in [0.4, 0.5) is 14.5 Å². The lowest BCUT2D eigenvalue weighted by Crippen LogP contribution is -2.26. The molecule has 1 aromatic heterocycles. The molecule has 1 aromatic carbocycles. The molecule has 5 heteroatoms. The zero-order valence-electron chi connectivity index (χ0n) is 11.9. The zero-order chi connectivity index (χ0) is 15.2. The van der Waals surface area contributed by atoms with Crippen molar-refractivity contribution in [2.24, 2.45) is 0 Å². The van der Waals surface area contributed by atoms with Gasteiger partial charge in [-0.25, -0.2) is 8.78 Å². The number of hydrogen-bond donors (Lipinski definition) is 2. The molecule has 1 heterocycles. The molecule has 2 aromatic rings. The lowest BCUT2D eigenvalue weighted by atomic mass is 9.97. The third-order valence-electron chi connectivity index (χ3n) is 3.35. The first-order chi connectivity index (χ1) is 10.1. The van der Waals surface area contributed by atoms with Crippen LogP contribution in [0.5, 0.6) is 0 Å². The lowest BCUT2D eigenvalue weighted by molar-refractivity contribution is 0.464. The van der Waals surface area contributed by atoms with Gasteiger partial charge in [-0.15, -0.1) is 0 Å². The van der Waals surface area contributed by atoms with Crippen LogP contribution in [0.3, 0.4) is 0 Å². The first kappa shape index (κ1) is 15.4.